The lowest BCUT2D eigenvalue weighted by atomic mass is 10.1. The van der Waals surface area contributed by atoms with Gasteiger partial charge >= 0.3 is 5.97 Å². The average Bonchev–Trinajstić information content (AvgIpc) is 3.09. The number of carbonyl (C=O) groups is 1. The summed E-state index contributed by atoms with van der Waals surface area (Å²) in [6, 6.07) is 16.3. The molecule has 0 saturated carbocycles. The first-order valence-electron chi connectivity index (χ1n) is 9.16. The highest BCUT2D eigenvalue weighted by Gasteiger charge is 2.24. The van der Waals surface area contributed by atoms with Crippen molar-refractivity contribution in [2.24, 2.45) is 0 Å². The molecule has 0 unspecified atom stereocenters. The lowest BCUT2D eigenvalue weighted by Gasteiger charge is -2.13. The smallest absolute Gasteiger partial charge is 0.360 e. The molecule has 1 heterocycles. The van der Waals surface area contributed by atoms with E-state index in [1.54, 1.807) is 50.2 Å². The Morgan fingerprint density at radius 3 is 2.59 bits per heavy atom. The van der Waals surface area contributed by atoms with Crippen LogP contribution in [0.2, 0.25) is 0 Å². The summed E-state index contributed by atoms with van der Waals surface area (Å²) in [6.45, 7) is 3.81. The molecule has 0 aliphatic heterocycles. The van der Waals surface area contributed by atoms with Gasteiger partial charge in [-0.1, -0.05) is 36.4 Å². The molecule has 1 aromatic heterocycles. The number of aliphatic hydroxyl groups excluding tert-OH is 1. The summed E-state index contributed by atoms with van der Waals surface area (Å²) < 4.78 is 6.53. The van der Waals surface area contributed by atoms with Gasteiger partial charge in [0, 0.05) is 5.56 Å². The van der Waals surface area contributed by atoms with Crippen LogP contribution >= 0.6 is 0 Å². The molecule has 2 aromatic carbocycles. The lowest BCUT2D eigenvalue weighted by Crippen LogP contribution is -2.20. The minimum atomic E-state index is -0.532. The van der Waals surface area contributed by atoms with Crippen LogP contribution in [0.15, 0.2) is 48.5 Å². The Balaban J connectivity index is 2.00. The van der Waals surface area contributed by atoms with E-state index < -0.39 is 5.97 Å². The number of esters is 1. The van der Waals surface area contributed by atoms with E-state index >= 15 is 0 Å². The van der Waals surface area contributed by atoms with Crippen LogP contribution in [0.1, 0.15) is 39.8 Å². The van der Waals surface area contributed by atoms with Crippen LogP contribution in [0, 0.1) is 18.3 Å². The van der Waals surface area contributed by atoms with E-state index in [-0.39, 0.29) is 25.5 Å². The van der Waals surface area contributed by atoms with Crippen molar-refractivity contribution in [1.29, 1.82) is 5.26 Å². The zero-order valence-corrected chi connectivity index (χ0v) is 16.3. The number of ether oxygens (including phenoxy) is 1. The van der Waals surface area contributed by atoms with E-state index in [0.29, 0.717) is 22.6 Å². The molecule has 148 valence electrons. The van der Waals surface area contributed by atoms with Crippen molar-refractivity contribution in [2.45, 2.75) is 27.1 Å². The first kappa shape index (κ1) is 20.1. The van der Waals surface area contributed by atoms with Gasteiger partial charge in [-0.25, -0.2) is 9.78 Å². The Morgan fingerprint density at radius 2 is 1.93 bits per heavy atom. The Labute approximate surface area is 168 Å². The van der Waals surface area contributed by atoms with E-state index in [1.807, 2.05) is 12.1 Å². The van der Waals surface area contributed by atoms with Gasteiger partial charge in [-0.2, -0.15) is 9.99 Å². The largest absolute Gasteiger partial charge is 0.461 e. The van der Waals surface area contributed by atoms with Crippen molar-refractivity contribution in [2.75, 3.05) is 6.61 Å². The van der Waals surface area contributed by atoms with Crippen LogP contribution in [0.3, 0.4) is 0 Å². The summed E-state index contributed by atoms with van der Waals surface area (Å²) in [5, 5.41) is 18.4. The molecule has 0 fully saturated rings. The van der Waals surface area contributed by atoms with E-state index in [0.717, 1.165) is 11.1 Å². The molecule has 0 spiro atoms. The number of aliphatic hydroxyl groups is 1. The monoisotopic (exact) mass is 391 g/mol. The Kier molecular flexibility index (Phi) is 6.27. The van der Waals surface area contributed by atoms with Gasteiger partial charge in [-0.3, -0.25) is 0 Å². The molecule has 1 N–H and O–H groups in total. The van der Waals surface area contributed by atoms with Gasteiger partial charge in [0.1, 0.15) is 6.61 Å². The molecule has 0 aliphatic rings. The molecule has 0 aliphatic carbocycles. The highest BCUT2D eigenvalue weighted by molar-refractivity contribution is 5.89. The number of rotatable bonds is 7. The summed E-state index contributed by atoms with van der Waals surface area (Å²) >= 11 is 0. The van der Waals surface area contributed by atoms with Gasteiger partial charge < -0.3 is 14.7 Å². The molecule has 0 radical (unpaired) electrons. The molecule has 29 heavy (non-hydrogen) atoms. The number of hydrogen-bond donors (Lipinski definition) is 1. The fourth-order valence-electron chi connectivity index (χ4n) is 2.86. The van der Waals surface area contributed by atoms with Crippen molar-refractivity contribution in [1.82, 2.24) is 9.71 Å². The van der Waals surface area contributed by atoms with Gasteiger partial charge in [-0.05, 0) is 37.1 Å². The van der Waals surface area contributed by atoms with Crippen molar-refractivity contribution in [3.05, 3.63) is 76.6 Å². The average molecular weight is 391 g/mol. The molecule has 0 amide bonds. The summed E-state index contributed by atoms with van der Waals surface area (Å²) in [6.07, 6.45) is 0. The van der Waals surface area contributed by atoms with Crippen LogP contribution in [-0.2, 0) is 18.0 Å². The van der Waals surface area contributed by atoms with Crippen molar-refractivity contribution < 1.29 is 19.5 Å². The molecule has 3 aromatic rings. The van der Waals surface area contributed by atoms with Crippen LogP contribution in [0.5, 0.6) is 0 Å². The highest BCUT2D eigenvalue weighted by Crippen LogP contribution is 2.23. The second kappa shape index (κ2) is 9.04. The number of nitriles is 1. The number of aromatic nitrogens is 2. The summed E-state index contributed by atoms with van der Waals surface area (Å²) in [5.41, 5.74) is 3.46. The predicted octanol–water partition coefficient (Wildman–Crippen LogP) is 3.03. The first-order chi connectivity index (χ1) is 14.1. The summed E-state index contributed by atoms with van der Waals surface area (Å²) in [4.78, 5) is 23.0. The van der Waals surface area contributed by atoms with E-state index in [9.17, 15) is 15.2 Å². The Hall–Kier alpha value is -3.63. The van der Waals surface area contributed by atoms with E-state index in [2.05, 4.69) is 11.1 Å². The third kappa shape index (κ3) is 4.45. The molecule has 3 rings (SSSR count). The molecule has 7 nitrogen and oxygen atoms in total. The van der Waals surface area contributed by atoms with E-state index in [1.165, 1.54) is 4.73 Å². The fourth-order valence-corrected chi connectivity index (χ4v) is 2.86. The second-order valence-corrected chi connectivity index (χ2v) is 6.32. The highest BCUT2D eigenvalue weighted by atomic mass is 16.7. The lowest BCUT2D eigenvalue weighted by molar-refractivity contribution is 0.0426. The third-order valence-corrected chi connectivity index (χ3v) is 4.30. The third-order valence-electron chi connectivity index (χ3n) is 4.30. The van der Waals surface area contributed by atoms with Crippen LogP contribution in [-0.4, -0.2) is 27.4 Å². The molecular formula is C22H21N3O4. The number of hydrogen-bond acceptors (Lipinski definition) is 6. The minimum Gasteiger partial charge on any atom is -0.461 e. The van der Waals surface area contributed by atoms with Gasteiger partial charge in [0.05, 0.1) is 30.5 Å². The standard InChI is InChI=1S/C22H21N3O4/c1-3-28-22(27)20-15(2)24-21(19-6-4-5-18(11-19)12-23)25(20)29-14-17-9-7-16(13-26)8-10-17/h4-11,26H,3,13-14H2,1-2H3. The number of imidazole rings is 1. The predicted molar refractivity (Wildman–Crippen MR) is 106 cm³/mol. The Bertz CT molecular complexity index is 1050. The Morgan fingerprint density at radius 1 is 1.21 bits per heavy atom. The van der Waals surface area contributed by atoms with Gasteiger partial charge in [-0.15, -0.1) is 0 Å². The van der Waals surface area contributed by atoms with E-state index in [4.69, 9.17) is 9.57 Å². The summed E-state index contributed by atoms with van der Waals surface area (Å²) in [7, 11) is 0. The zero-order valence-electron chi connectivity index (χ0n) is 16.3. The maximum Gasteiger partial charge on any atom is 0.360 e. The fraction of sp³-hybridized carbons (Fsp3) is 0.227. The zero-order chi connectivity index (χ0) is 20.8. The van der Waals surface area contributed by atoms with Crippen LogP contribution in [0.4, 0.5) is 0 Å². The SMILES string of the molecule is CCOC(=O)c1c(C)nc(-c2cccc(C#N)c2)n1OCc1ccc(CO)cc1. The minimum absolute atomic E-state index is 0.0335. The van der Waals surface area contributed by atoms with Gasteiger partial charge in [0.25, 0.3) is 0 Å². The molecule has 0 bridgehead atoms. The molecule has 0 saturated heterocycles. The summed E-state index contributed by atoms with van der Waals surface area (Å²) in [5.74, 6) is -0.120. The van der Waals surface area contributed by atoms with Gasteiger partial charge in [0.15, 0.2) is 11.5 Å². The van der Waals surface area contributed by atoms with Gasteiger partial charge in [0.2, 0.25) is 0 Å². The number of carbonyl (C=O) groups excluding carboxylic acids is 1. The first-order valence-corrected chi connectivity index (χ1v) is 9.16. The number of nitrogens with zero attached hydrogens (tertiary/aromatic N) is 3. The number of aryl methyl sites for hydroxylation is 1. The maximum atomic E-state index is 12.5. The van der Waals surface area contributed by atoms with Crippen molar-refractivity contribution in [3.63, 3.8) is 0 Å². The normalized spacial score (nSPS) is 10.4. The van der Waals surface area contributed by atoms with Crippen molar-refractivity contribution >= 4 is 5.97 Å². The topological polar surface area (TPSA) is 97.4 Å². The van der Waals surface area contributed by atoms with Crippen molar-refractivity contribution in [3.8, 4) is 17.5 Å². The molecular weight excluding hydrogens is 370 g/mol. The molecule has 7 heteroatoms. The van der Waals surface area contributed by atoms with Crippen LogP contribution < -0.4 is 4.84 Å². The van der Waals surface area contributed by atoms with Crippen LogP contribution in [0.25, 0.3) is 11.4 Å². The quantitative estimate of drug-likeness (QED) is 0.622. The maximum absolute atomic E-state index is 12.5. The molecule has 0 atom stereocenters. The number of benzene rings is 2. The second-order valence-electron chi connectivity index (χ2n) is 6.32.